The lowest BCUT2D eigenvalue weighted by atomic mass is 10.1. The molecule has 37 heavy (non-hydrogen) atoms. The summed E-state index contributed by atoms with van der Waals surface area (Å²) in [6.07, 6.45) is 8.92. The highest BCUT2D eigenvalue weighted by Gasteiger charge is 2.29. The summed E-state index contributed by atoms with van der Waals surface area (Å²) in [6.45, 7) is 17.4. The molecule has 0 rings (SSSR count). The van der Waals surface area contributed by atoms with E-state index in [1.54, 1.807) is 6.92 Å². The predicted molar refractivity (Wildman–Crippen MR) is 146 cm³/mol. The van der Waals surface area contributed by atoms with Crippen LogP contribution < -0.4 is 10.4 Å². The number of carbonyl (C=O) groups excluding carboxylic acids is 3. The first kappa shape index (κ1) is 39.3. The first-order chi connectivity index (χ1) is 17.3. The fourth-order valence-corrected chi connectivity index (χ4v) is 3.78. The van der Waals surface area contributed by atoms with E-state index in [1.165, 1.54) is 6.08 Å². The lowest BCUT2D eigenvalue weighted by Gasteiger charge is -2.31. The molecule has 0 aromatic rings. The molecular formula is C25H46N3O8P. The van der Waals surface area contributed by atoms with Gasteiger partial charge in [-0.15, -0.1) is 6.42 Å². The highest BCUT2D eigenvalue weighted by molar-refractivity contribution is 7.55. The van der Waals surface area contributed by atoms with Gasteiger partial charge in [-0.3, -0.25) is 19.6 Å². The van der Waals surface area contributed by atoms with Crippen LogP contribution in [-0.4, -0.2) is 89.8 Å². The third-order valence-corrected chi connectivity index (χ3v) is 5.75. The van der Waals surface area contributed by atoms with E-state index in [0.29, 0.717) is 17.9 Å². The largest absolute Gasteiger partial charge is 0.480 e. The summed E-state index contributed by atoms with van der Waals surface area (Å²) in [5, 5.41) is 25.0. The van der Waals surface area contributed by atoms with Crippen molar-refractivity contribution < 1.29 is 38.7 Å². The summed E-state index contributed by atoms with van der Waals surface area (Å²) in [7, 11) is -1.54. The number of aliphatic carboxylic acids is 1. The zero-order valence-corrected chi connectivity index (χ0v) is 24.3. The molecule has 12 heteroatoms. The number of allylic oxidation sites excluding steroid dienone is 1. The van der Waals surface area contributed by atoms with E-state index in [0.717, 1.165) is 6.08 Å². The third-order valence-electron chi connectivity index (χ3n) is 4.24. The summed E-state index contributed by atoms with van der Waals surface area (Å²) >= 11 is 0. The molecule has 0 bridgehead atoms. The van der Waals surface area contributed by atoms with Gasteiger partial charge in [0.05, 0.1) is 24.4 Å². The molecule has 0 spiro atoms. The Morgan fingerprint density at radius 2 is 1.76 bits per heavy atom. The number of ether oxygens (including phenoxy) is 1. The first-order valence-corrected chi connectivity index (χ1v) is 13.1. The van der Waals surface area contributed by atoms with E-state index in [2.05, 4.69) is 16.1 Å². The van der Waals surface area contributed by atoms with Gasteiger partial charge in [-0.25, -0.2) is 4.79 Å². The Morgan fingerprint density at radius 1 is 1.19 bits per heavy atom. The van der Waals surface area contributed by atoms with Crippen molar-refractivity contribution in [1.29, 1.82) is 0 Å². The van der Waals surface area contributed by atoms with E-state index in [9.17, 15) is 24.6 Å². The molecule has 214 valence electrons. The summed E-state index contributed by atoms with van der Waals surface area (Å²) < 4.78 is 11.7. The molecule has 11 nitrogen and oxygen atoms in total. The van der Waals surface area contributed by atoms with Gasteiger partial charge in [0.2, 0.25) is 6.41 Å². The van der Waals surface area contributed by atoms with Crippen LogP contribution in [0.4, 0.5) is 0 Å². The minimum absolute atomic E-state index is 0.127. The molecule has 0 aromatic heterocycles. The Labute approximate surface area is 223 Å². The number of carbonyl (C=O) groups is 4. The van der Waals surface area contributed by atoms with Crippen LogP contribution in [0.3, 0.4) is 0 Å². The molecule has 4 N–H and O–H groups in total. The highest BCUT2D eigenvalue weighted by atomic mass is 31.2. The monoisotopic (exact) mass is 547 g/mol. The Morgan fingerprint density at radius 3 is 2.16 bits per heavy atom. The Kier molecular flexibility index (Phi) is 23.2. The van der Waals surface area contributed by atoms with E-state index >= 15 is 0 Å². The summed E-state index contributed by atoms with van der Waals surface area (Å²) in [5.41, 5.74) is 1.72. The topological polar surface area (TPSA) is 154 Å². The van der Waals surface area contributed by atoms with Crippen molar-refractivity contribution >= 4 is 33.4 Å². The van der Waals surface area contributed by atoms with Crippen LogP contribution >= 0.6 is 8.30 Å². The Bertz CT molecular complexity index is 720. The van der Waals surface area contributed by atoms with Crippen LogP contribution in [0.2, 0.25) is 0 Å². The molecule has 0 aliphatic rings. The second-order valence-corrected chi connectivity index (χ2v) is 10.1. The van der Waals surface area contributed by atoms with Crippen LogP contribution in [0.25, 0.3) is 0 Å². The number of nitrogens with one attached hydrogen (secondary N) is 2. The normalized spacial score (nSPS) is 13.6. The smallest absolute Gasteiger partial charge is 0.328 e. The van der Waals surface area contributed by atoms with Crippen molar-refractivity contribution in [1.82, 2.24) is 15.3 Å². The lowest BCUT2D eigenvalue weighted by Crippen LogP contribution is -2.51. The van der Waals surface area contributed by atoms with Crippen molar-refractivity contribution in [2.75, 3.05) is 26.3 Å². The number of carboxylic acid groups (broad SMARTS) is 1. The van der Waals surface area contributed by atoms with Gasteiger partial charge in [0, 0.05) is 19.1 Å². The second-order valence-electron chi connectivity index (χ2n) is 8.86. The van der Waals surface area contributed by atoms with Gasteiger partial charge in [-0.2, -0.15) is 0 Å². The number of hydrogen-bond donors (Lipinski definition) is 4. The number of amides is 2. The summed E-state index contributed by atoms with van der Waals surface area (Å²) in [4.78, 5) is 43.3. The van der Waals surface area contributed by atoms with Crippen molar-refractivity contribution in [3.05, 3.63) is 12.2 Å². The van der Waals surface area contributed by atoms with Crippen LogP contribution in [-0.2, 0) is 28.4 Å². The van der Waals surface area contributed by atoms with E-state index in [4.69, 9.17) is 20.5 Å². The van der Waals surface area contributed by atoms with Crippen molar-refractivity contribution in [2.24, 2.45) is 0 Å². The predicted octanol–water partition coefficient (Wildman–Crippen LogP) is 2.29. The Balaban J connectivity index is -0.00000274. The molecule has 0 fully saturated rings. The average Bonchev–Trinajstić information content (AvgIpc) is 2.83. The number of aliphatic hydroxyl groups is 1. The molecule has 0 aliphatic carbocycles. The average molecular weight is 548 g/mol. The highest BCUT2D eigenvalue weighted by Crippen LogP contribution is 2.38. The van der Waals surface area contributed by atoms with Gasteiger partial charge in [-0.05, 0) is 59.7 Å². The number of imide groups is 1. The van der Waals surface area contributed by atoms with Crippen LogP contribution in [0.5, 0.6) is 0 Å². The van der Waals surface area contributed by atoms with Gasteiger partial charge < -0.3 is 29.6 Å². The number of nitrogens with zero attached hydrogens (tertiary/aromatic N) is 1. The lowest BCUT2D eigenvalue weighted by molar-refractivity contribution is -0.151. The van der Waals surface area contributed by atoms with Crippen LogP contribution in [0, 0.1) is 12.1 Å². The fourth-order valence-electron chi connectivity index (χ4n) is 2.51. The maximum atomic E-state index is 11.9. The third kappa shape index (κ3) is 19.6. The molecule has 2 amide bonds. The van der Waals surface area contributed by atoms with Gasteiger partial charge in [0.25, 0.3) is 5.91 Å². The molecule has 0 aliphatic heterocycles. The zero-order valence-electron chi connectivity index (χ0n) is 23.4. The minimum atomic E-state index is -1.54. The molecule has 0 heterocycles. The number of aliphatic hydroxyl groups excluding tert-OH is 1. The van der Waals surface area contributed by atoms with Crippen molar-refractivity contribution in [2.45, 2.75) is 85.1 Å². The second kappa shape index (κ2) is 21.9. The van der Waals surface area contributed by atoms with E-state index in [1.807, 2.05) is 55.3 Å². The first-order valence-electron chi connectivity index (χ1n) is 11.9. The number of hydrogen-bond acceptors (Lipinski definition) is 9. The summed E-state index contributed by atoms with van der Waals surface area (Å²) in [6, 6.07) is -1.95. The maximum Gasteiger partial charge on any atom is 0.328 e. The zero-order chi connectivity index (χ0) is 29.7. The number of terminal acetylenes is 1. The van der Waals surface area contributed by atoms with Crippen LogP contribution in [0.1, 0.15) is 61.8 Å². The van der Waals surface area contributed by atoms with Gasteiger partial charge in [0.1, 0.15) is 12.8 Å². The van der Waals surface area contributed by atoms with E-state index in [-0.39, 0.29) is 31.7 Å². The standard InChI is InChI=1S/C22H38N3O7P.C2H6.CH2O/c1-8-10-19(28)25(16-27)18(20(29)30)14-23-13-17(15-26)24-33(9-2)32-22(6,7)11-12-31-21(3,4)5;2*1-2/h2,8,10,16-18,23-24,26H,11-15H2,1,3-7H3,(H,29,30);1-2H3;1H2/b10-8-;;. The molecule has 0 radical (unpaired) electrons. The van der Waals surface area contributed by atoms with Crippen molar-refractivity contribution in [3.63, 3.8) is 0 Å². The van der Waals surface area contributed by atoms with Gasteiger partial charge in [0.15, 0.2) is 8.30 Å². The SMILES string of the molecule is C#CP(NC(CO)CNCC(C(=O)O)N(C=O)C(=O)/C=C\C)OC(C)(C)CCOC(C)(C)C.C=O.CC. The van der Waals surface area contributed by atoms with Crippen molar-refractivity contribution in [3.8, 4) is 12.1 Å². The van der Waals surface area contributed by atoms with E-state index < -0.39 is 37.9 Å². The molecule has 0 aromatic carbocycles. The Hall–Kier alpha value is -2.19. The quantitative estimate of drug-likeness (QED) is 0.0979. The van der Waals surface area contributed by atoms with Crippen LogP contribution in [0.15, 0.2) is 12.2 Å². The summed E-state index contributed by atoms with van der Waals surface area (Å²) in [5.74, 6) is -2.07. The van der Waals surface area contributed by atoms with Gasteiger partial charge in [-0.1, -0.05) is 19.9 Å². The number of rotatable bonds is 16. The molecular weight excluding hydrogens is 501 g/mol. The number of carboxylic acids is 1. The maximum absolute atomic E-state index is 11.9. The van der Waals surface area contributed by atoms with Gasteiger partial charge >= 0.3 is 5.97 Å². The molecule has 3 atom stereocenters. The minimum Gasteiger partial charge on any atom is -0.480 e. The molecule has 3 unspecified atom stereocenters. The molecule has 0 saturated carbocycles. The fraction of sp³-hybridized carbons (Fsp3) is 0.680. The molecule has 0 saturated heterocycles.